The van der Waals surface area contributed by atoms with Crippen LogP contribution in [0.4, 0.5) is 11.5 Å². The van der Waals surface area contributed by atoms with Gasteiger partial charge in [-0.3, -0.25) is 0 Å². The van der Waals surface area contributed by atoms with Crippen molar-refractivity contribution in [2.24, 2.45) is 0 Å². The molecule has 4 N–H and O–H groups in total. The van der Waals surface area contributed by atoms with Crippen LogP contribution in [0.15, 0.2) is 30.3 Å². The maximum atomic E-state index is 9.22. The molecule has 17 heavy (non-hydrogen) atoms. The molecule has 0 spiro atoms. The van der Waals surface area contributed by atoms with Crippen molar-refractivity contribution in [2.45, 2.75) is 25.0 Å². The average molecular weight is 229 g/mol. The number of nitrogen functional groups attached to an aromatic ring is 1. The summed E-state index contributed by atoms with van der Waals surface area (Å²) in [4.78, 5) is 4.51. The number of fused-ring (bicyclic) bond motifs is 1. The van der Waals surface area contributed by atoms with Gasteiger partial charge >= 0.3 is 0 Å². The van der Waals surface area contributed by atoms with Gasteiger partial charge in [0, 0.05) is 17.1 Å². The van der Waals surface area contributed by atoms with Crippen LogP contribution < -0.4 is 11.1 Å². The molecule has 1 fully saturated rings. The van der Waals surface area contributed by atoms with E-state index in [9.17, 15) is 5.11 Å². The van der Waals surface area contributed by atoms with Gasteiger partial charge in [-0.15, -0.1) is 0 Å². The van der Waals surface area contributed by atoms with Crippen molar-refractivity contribution in [1.82, 2.24) is 4.98 Å². The molecule has 1 heterocycles. The minimum absolute atomic E-state index is 0.146. The second-order valence-electron chi connectivity index (χ2n) is 4.62. The van der Waals surface area contributed by atoms with Crippen molar-refractivity contribution in [1.29, 1.82) is 0 Å². The number of hydrogen-bond acceptors (Lipinski definition) is 4. The molecule has 3 rings (SSSR count). The lowest BCUT2D eigenvalue weighted by atomic mass is 9.89. The summed E-state index contributed by atoms with van der Waals surface area (Å²) < 4.78 is 0. The number of nitrogens with zero attached hydrogens (tertiary/aromatic N) is 1. The summed E-state index contributed by atoms with van der Waals surface area (Å²) in [6.07, 6.45) is 1.47. The molecule has 2 aromatic rings. The van der Waals surface area contributed by atoms with Crippen molar-refractivity contribution >= 4 is 22.4 Å². The molecular formula is C13H15N3O. The minimum atomic E-state index is -0.146. The van der Waals surface area contributed by atoms with E-state index in [0.717, 1.165) is 35.2 Å². The topological polar surface area (TPSA) is 71.2 Å². The van der Waals surface area contributed by atoms with E-state index in [-0.39, 0.29) is 6.10 Å². The maximum absolute atomic E-state index is 9.22. The number of rotatable bonds is 2. The monoisotopic (exact) mass is 229 g/mol. The first-order valence-electron chi connectivity index (χ1n) is 5.81. The van der Waals surface area contributed by atoms with Crippen LogP contribution >= 0.6 is 0 Å². The highest BCUT2D eigenvalue weighted by atomic mass is 16.3. The van der Waals surface area contributed by atoms with Gasteiger partial charge in [0.2, 0.25) is 0 Å². The standard InChI is InChI=1S/C13H15N3O/c14-9-2-3-12-8(5-9)1-4-13(16-12)15-10-6-11(17)7-10/h1-5,10-11,17H,6-7,14H2,(H,15,16). The Bertz CT molecular complexity index is 549. The molecule has 1 aromatic heterocycles. The second kappa shape index (κ2) is 3.89. The first kappa shape index (κ1) is 10.4. The Kier molecular flexibility index (Phi) is 2.37. The smallest absolute Gasteiger partial charge is 0.126 e. The molecule has 1 aliphatic rings. The van der Waals surface area contributed by atoms with Gasteiger partial charge < -0.3 is 16.2 Å². The molecule has 0 saturated heterocycles. The quantitative estimate of drug-likeness (QED) is 0.686. The number of anilines is 2. The largest absolute Gasteiger partial charge is 0.399 e. The molecule has 1 aromatic carbocycles. The maximum Gasteiger partial charge on any atom is 0.126 e. The van der Waals surface area contributed by atoms with Crippen molar-refractivity contribution in [3.63, 3.8) is 0 Å². The predicted octanol–water partition coefficient (Wildman–Crippen LogP) is 1.75. The molecular weight excluding hydrogens is 214 g/mol. The average Bonchev–Trinajstić information content (AvgIpc) is 2.27. The number of hydrogen-bond donors (Lipinski definition) is 3. The zero-order valence-corrected chi connectivity index (χ0v) is 9.43. The summed E-state index contributed by atoms with van der Waals surface area (Å²) in [6, 6.07) is 10.0. The number of pyridine rings is 1. The number of benzene rings is 1. The fraction of sp³-hybridized carbons (Fsp3) is 0.308. The van der Waals surface area contributed by atoms with Gasteiger partial charge in [-0.25, -0.2) is 4.98 Å². The van der Waals surface area contributed by atoms with Gasteiger partial charge in [-0.05, 0) is 43.2 Å². The Balaban J connectivity index is 1.84. The summed E-state index contributed by atoms with van der Waals surface area (Å²) in [5, 5.41) is 13.6. The van der Waals surface area contributed by atoms with Crippen LogP contribution in [0.25, 0.3) is 10.9 Å². The Morgan fingerprint density at radius 1 is 1.24 bits per heavy atom. The van der Waals surface area contributed by atoms with E-state index in [1.54, 1.807) is 0 Å². The summed E-state index contributed by atoms with van der Waals surface area (Å²) in [6.45, 7) is 0. The van der Waals surface area contributed by atoms with Crippen LogP contribution in [0.1, 0.15) is 12.8 Å². The lowest BCUT2D eigenvalue weighted by molar-refractivity contribution is 0.0835. The van der Waals surface area contributed by atoms with E-state index in [0.29, 0.717) is 6.04 Å². The highest BCUT2D eigenvalue weighted by Gasteiger charge is 2.27. The summed E-state index contributed by atoms with van der Waals surface area (Å²) >= 11 is 0. The van der Waals surface area contributed by atoms with Crippen molar-refractivity contribution in [2.75, 3.05) is 11.1 Å². The summed E-state index contributed by atoms with van der Waals surface area (Å²) in [5.41, 5.74) is 7.40. The molecule has 1 saturated carbocycles. The van der Waals surface area contributed by atoms with Crippen LogP contribution in [0.3, 0.4) is 0 Å². The number of aliphatic hydroxyl groups is 1. The van der Waals surface area contributed by atoms with Crippen LogP contribution in [-0.4, -0.2) is 22.2 Å². The van der Waals surface area contributed by atoms with Gasteiger partial charge in [0.15, 0.2) is 0 Å². The van der Waals surface area contributed by atoms with E-state index < -0.39 is 0 Å². The van der Waals surface area contributed by atoms with Crippen LogP contribution in [0.5, 0.6) is 0 Å². The third-order valence-electron chi connectivity index (χ3n) is 3.18. The van der Waals surface area contributed by atoms with Gasteiger partial charge in [0.1, 0.15) is 5.82 Å². The lowest BCUT2D eigenvalue weighted by Crippen LogP contribution is -2.39. The van der Waals surface area contributed by atoms with Crippen LogP contribution in [0, 0.1) is 0 Å². The van der Waals surface area contributed by atoms with E-state index in [1.807, 2.05) is 30.3 Å². The molecule has 0 unspecified atom stereocenters. The fourth-order valence-corrected chi connectivity index (χ4v) is 2.14. The van der Waals surface area contributed by atoms with Gasteiger partial charge in [0.05, 0.1) is 11.6 Å². The zero-order chi connectivity index (χ0) is 11.8. The highest BCUT2D eigenvalue weighted by molar-refractivity contribution is 5.83. The SMILES string of the molecule is Nc1ccc2nc(NC3CC(O)C3)ccc2c1. The first-order valence-corrected chi connectivity index (χ1v) is 5.81. The normalized spacial score (nSPS) is 23.4. The lowest BCUT2D eigenvalue weighted by Gasteiger charge is -2.32. The molecule has 0 atom stereocenters. The molecule has 4 heteroatoms. The Hall–Kier alpha value is -1.81. The summed E-state index contributed by atoms with van der Waals surface area (Å²) in [5.74, 6) is 0.860. The fourth-order valence-electron chi connectivity index (χ4n) is 2.14. The third-order valence-corrected chi connectivity index (χ3v) is 3.18. The zero-order valence-electron chi connectivity index (χ0n) is 9.43. The Morgan fingerprint density at radius 2 is 2.06 bits per heavy atom. The van der Waals surface area contributed by atoms with Gasteiger partial charge in [-0.2, -0.15) is 0 Å². The number of aromatic nitrogens is 1. The van der Waals surface area contributed by atoms with Crippen LogP contribution in [0.2, 0.25) is 0 Å². The van der Waals surface area contributed by atoms with E-state index >= 15 is 0 Å². The highest BCUT2D eigenvalue weighted by Crippen LogP contribution is 2.24. The second-order valence-corrected chi connectivity index (χ2v) is 4.62. The number of nitrogens with two attached hydrogens (primary N) is 1. The number of aliphatic hydroxyl groups excluding tert-OH is 1. The minimum Gasteiger partial charge on any atom is -0.399 e. The molecule has 88 valence electrons. The number of nitrogens with one attached hydrogen (secondary N) is 1. The predicted molar refractivity (Wildman–Crippen MR) is 68.8 cm³/mol. The van der Waals surface area contributed by atoms with E-state index in [4.69, 9.17) is 5.73 Å². The molecule has 0 amide bonds. The Morgan fingerprint density at radius 3 is 2.82 bits per heavy atom. The molecule has 0 aliphatic heterocycles. The third kappa shape index (κ3) is 2.03. The Labute approximate surface area is 99.5 Å². The van der Waals surface area contributed by atoms with Crippen molar-refractivity contribution < 1.29 is 5.11 Å². The van der Waals surface area contributed by atoms with Crippen molar-refractivity contribution in [3.05, 3.63) is 30.3 Å². The van der Waals surface area contributed by atoms with E-state index in [2.05, 4.69) is 10.3 Å². The van der Waals surface area contributed by atoms with Crippen LogP contribution in [-0.2, 0) is 0 Å². The summed E-state index contributed by atoms with van der Waals surface area (Å²) in [7, 11) is 0. The first-order chi connectivity index (χ1) is 8.20. The van der Waals surface area contributed by atoms with Gasteiger partial charge in [-0.1, -0.05) is 0 Å². The van der Waals surface area contributed by atoms with Gasteiger partial charge in [0.25, 0.3) is 0 Å². The van der Waals surface area contributed by atoms with E-state index in [1.165, 1.54) is 0 Å². The molecule has 4 nitrogen and oxygen atoms in total. The molecule has 1 aliphatic carbocycles. The molecule has 0 bridgehead atoms. The van der Waals surface area contributed by atoms with Crippen molar-refractivity contribution in [3.8, 4) is 0 Å². The molecule has 0 radical (unpaired) electrons.